The first-order valence-corrected chi connectivity index (χ1v) is 9.08. The molecule has 0 saturated heterocycles. The third-order valence-corrected chi connectivity index (χ3v) is 5.49. The van der Waals surface area contributed by atoms with Gasteiger partial charge in [-0.3, -0.25) is 0 Å². The maximum Gasteiger partial charge on any atom is 0.124 e. The number of halogens is 1. The van der Waals surface area contributed by atoms with Crippen LogP contribution in [-0.4, -0.2) is 16.8 Å². The number of aliphatic imine (C=N–C) groups is 1. The first-order chi connectivity index (χ1) is 11.2. The Hall–Kier alpha value is -1.64. The molecule has 122 valence electrons. The summed E-state index contributed by atoms with van der Waals surface area (Å²) < 4.78 is 14.0. The number of aryl methyl sites for hydroxylation is 1. The van der Waals surface area contributed by atoms with Crippen molar-refractivity contribution in [2.75, 3.05) is 0 Å². The zero-order valence-electron chi connectivity index (χ0n) is 13.9. The summed E-state index contributed by atoms with van der Waals surface area (Å²) in [5.74, 6) is 1.59. The second kappa shape index (κ2) is 5.77. The fraction of sp³-hybridized carbons (Fsp3) is 0.550. The van der Waals surface area contributed by atoms with Gasteiger partial charge in [0, 0.05) is 23.2 Å². The SMILES string of the molecule is C=C1c2cc(F)cc(CC)c2N=C(C2CCCCC2)N1C1CC1. The average molecular weight is 312 g/mol. The Labute approximate surface area is 138 Å². The lowest BCUT2D eigenvalue weighted by atomic mass is 9.86. The van der Waals surface area contributed by atoms with Crippen LogP contribution >= 0.6 is 0 Å². The van der Waals surface area contributed by atoms with Gasteiger partial charge in [0.2, 0.25) is 0 Å². The molecule has 3 heteroatoms. The molecule has 23 heavy (non-hydrogen) atoms. The van der Waals surface area contributed by atoms with Crippen LogP contribution in [0.3, 0.4) is 0 Å². The van der Waals surface area contributed by atoms with E-state index in [2.05, 4.69) is 18.4 Å². The molecule has 0 N–H and O–H groups in total. The molecule has 0 amide bonds. The van der Waals surface area contributed by atoms with Crippen LogP contribution < -0.4 is 0 Å². The van der Waals surface area contributed by atoms with Crippen LogP contribution in [0, 0.1) is 11.7 Å². The number of nitrogens with zero attached hydrogens (tertiary/aromatic N) is 2. The molecule has 0 aromatic heterocycles. The number of fused-ring (bicyclic) bond motifs is 1. The van der Waals surface area contributed by atoms with Crippen LogP contribution in [0.2, 0.25) is 0 Å². The second-order valence-electron chi connectivity index (χ2n) is 7.17. The van der Waals surface area contributed by atoms with Gasteiger partial charge in [-0.2, -0.15) is 0 Å². The Kier molecular flexibility index (Phi) is 3.74. The van der Waals surface area contributed by atoms with Crippen molar-refractivity contribution in [2.24, 2.45) is 10.9 Å². The topological polar surface area (TPSA) is 15.6 Å². The molecule has 2 aliphatic carbocycles. The summed E-state index contributed by atoms with van der Waals surface area (Å²) in [6.07, 6.45) is 9.61. The van der Waals surface area contributed by atoms with Gasteiger partial charge >= 0.3 is 0 Å². The molecule has 0 radical (unpaired) electrons. The Morgan fingerprint density at radius 2 is 1.91 bits per heavy atom. The maximum absolute atomic E-state index is 14.0. The monoisotopic (exact) mass is 312 g/mol. The van der Waals surface area contributed by atoms with Crippen molar-refractivity contribution >= 4 is 17.2 Å². The summed E-state index contributed by atoms with van der Waals surface area (Å²) in [4.78, 5) is 7.43. The van der Waals surface area contributed by atoms with Gasteiger partial charge in [-0.15, -0.1) is 0 Å². The van der Waals surface area contributed by atoms with Crippen molar-refractivity contribution in [3.63, 3.8) is 0 Å². The molecular formula is C20H25FN2. The Bertz CT molecular complexity index is 666. The number of hydrogen-bond donors (Lipinski definition) is 0. The standard InChI is InChI=1S/C20H25FN2/c1-3-14-11-16(21)12-18-13(2)23(17-9-10-17)20(22-19(14)18)15-7-5-4-6-8-15/h11-12,15,17H,2-10H2,1H3. The smallest absolute Gasteiger partial charge is 0.124 e. The van der Waals surface area contributed by atoms with E-state index >= 15 is 0 Å². The third kappa shape index (κ3) is 2.60. The van der Waals surface area contributed by atoms with Gasteiger partial charge in [-0.25, -0.2) is 9.38 Å². The molecule has 1 aromatic rings. The molecular weight excluding hydrogens is 287 g/mol. The van der Waals surface area contributed by atoms with Gasteiger partial charge in [0.25, 0.3) is 0 Å². The lowest BCUT2D eigenvalue weighted by Crippen LogP contribution is -2.39. The molecule has 0 atom stereocenters. The van der Waals surface area contributed by atoms with Crippen molar-refractivity contribution < 1.29 is 4.39 Å². The number of hydrogen-bond acceptors (Lipinski definition) is 2. The van der Waals surface area contributed by atoms with Crippen LogP contribution in [-0.2, 0) is 6.42 Å². The zero-order valence-corrected chi connectivity index (χ0v) is 13.9. The lowest BCUT2D eigenvalue weighted by Gasteiger charge is -2.38. The lowest BCUT2D eigenvalue weighted by molar-refractivity contribution is 0.402. The molecule has 0 unspecified atom stereocenters. The van der Waals surface area contributed by atoms with Crippen LogP contribution in [0.15, 0.2) is 23.7 Å². The van der Waals surface area contributed by atoms with Gasteiger partial charge in [-0.05, 0) is 49.8 Å². The van der Waals surface area contributed by atoms with Crippen molar-refractivity contribution in [3.05, 3.63) is 35.7 Å². The highest BCUT2D eigenvalue weighted by atomic mass is 19.1. The van der Waals surface area contributed by atoms with Crippen molar-refractivity contribution in [2.45, 2.75) is 64.3 Å². The normalized spacial score (nSPS) is 22.1. The van der Waals surface area contributed by atoms with Gasteiger partial charge in [0.1, 0.15) is 11.7 Å². The highest BCUT2D eigenvalue weighted by molar-refractivity contribution is 6.00. The van der Waals surface area contributed by atoms with Crippen LogP contribution in [0.25, 0.3) is 5.70 Å². The van der Waals surface area contributed by atoms with E-state index in [9.17, 15) is 4.39 Å². The molecule has 1 heterocycles. The zero-order chi connectivity index (χ0) is 16.0. The summed E-state index contributed by atoms with van der Waals surface area (Å²) in [6.45, 7) is 6.41. The van der Waals surface area contributed by atoms with Crippen LogP contribution in [0.5, 0.6) is 0 Å². The van der Waals surface area contributed by atoms with Crippen molar-refractivity contribution in [1.82, 2.24) is 4.90 Å². The molecule has 4 rings (SSSR count). The largest absolute Gasteiger partial charge is 0.326 e. The van der Waals surface area contributed by atoms with Gasteiger partial charge in [-0.1, -0.05) is 32.8 Å². The minimum absolute atomic E-state index is 0.172. The molecule has 3 aliphatic rings. The van der Waals surface area contributed by atoms with E-state index in [0.29, 0.717) is 12.0 Å². The number of amidine groups is 1. The summed E-state index contributed by atoms with van der Waals surface area (Å²) in [7, 11) is 0. The maximum atomic E-state index is 14.0. The van der Waals surface area contributed by atoms with Crippen molar-refractivity contribution in [3.8, 4) is 0 Å². The van der Waals surface area contributed by atoms with Gasteiger partial charge < -0.3 is 4.90 Å². The second-order valence-corrected chi connectivity index (χ2v) is 7.17. The van der Waals surface area contributed by atoms with E-state index in [-0.39, 0.29) is 5.82 Å². The van der Waals surface area contributed by atoms with Gasteiger partial charge in [0.15, 0.2) is 0 Å². The van der Waals surface area contributed by atoms with Crippen molar-refractivity contribution in [1.29, 1.82) is 0 Å². The van der Waals surface area contributed by atoms with E-state index in [1.807, 2.05) is 0 Å². The number of benzene rings is 1. The van der Waals surface area contributed by atoms with Crippen LogP contribution in [0.1, 0.15) is 63.0 Å². The van der Waals surface area contributed by atoms with E-state index in [1.54, 1.807) is 12.1 Å². The minimum Gasteiger partial charge on any atom is -0.326 e. The van der Waals surface area contributed by atoms with E-state index < -0.39 is 0 Å². The molecule has 0 bridgehead atoms. The van der Waals surface area contributed by atoms with E-state index in [0.717, 1.165) is 28.9 Å². The first kappa shape index (κ1) is 14.9. The summed E-state index contributed by atoms with van der Waals surface area (Å²) in [5.41, 5.74) is 3.84. The Morgan fingerprint density at radius 3 is 2.57 bits per heavy atom. The molecule has 1 aromatic carbocycles. The molecule has 0 spiro atoms. The molecule has 1 aliphatic heterocycles. The number of rotatable bonds is 3. The summed E-state index contributed by atoms with van der Waals surface area (Å²) in [5, 5.41) is 0. The Morgan fingerprint density at radius 1 is 1.17 bits per heavy atom. The van der Waals surface area contributed by atoms with E-state index in [1.165, 1.54) is 50.8 Å². The minimum atomic E-state index is -0.172. The van der Waals surface area contributed by atoms with Crippen LogP contribution in [0.4, 0.5) is 10.1 Å². The van der Waals surface area contributed by atoms with Gasteiger partial charge in [0.05, 0.1) is 5.69 Å². The Balaban J connectivity index is 1.83. The fourth-order valence-electron chi connectivity index (χ4n) is 4.10. The molecule has 2 fully saturated rings. The van der Waals surface area contributed by atoms with E-state index in [4.69, 9.17) is 4.99 Å². The summed E-state index contributed by atoms with van der Waals surface area (Å²) in [6, 6.07) is 3.79. The molecule has 2 saturated carbocycles. The highest BCUT2D eigenvalue weighted by Crippen LogP contribution is 2.45. The third-order valence-electron chi connectivity index (χ3n) is 5.49. The highest BCUT2D eigenvalue weighted by Gasteiger charge is 2.39. The summed E-state index contributed by atoms with van der Waals surface area (Å²) >= 11 is 0. The predicted molar refractivity (Wildman–Crippen MR) is 93.3 cm³/mol. The molecule has 2 nitrogen and oxygen atoms in total. The first-order valence-electron chi connectivity index (χ1n) is 9.08. The fourth-order valence-corrected chi connectivity index (χ4v) is 4.10. The predicted octanol–water partition coefficient (Wildman–Crippen LogP) is 5.45. The quantitative estimate of drug-likeness (QED) is 0.725. The average Bonchev–Trinajstić information content (AvgIpc) is 3.40.